The topological polar surface area (TPSA) is 49.3 Å². The third-order valence-corrected chi connectivity index (χ3v) is 3.75. The van der Waals surface area contributed by atoms with Crippen LogP contribution in [0.5, 0.6) is 0 Å². The molecule has 0 heterocycles. The van der Waals surface area contributed by atoms with Crippen molar-refractivity contribution in [2.45, 2.75) is 17.6 Å². The van der Waals surface area contributed by atoms with E-state index in [0.717, 1.165) is 6.54 Å². The maximum atomic E-state index is 10.4. The number of hydrogen-bond donors (Lipinski definition) is 2. The van der Waals surface area contributed by atoms with Gasteiger partial charge in [0.2, 0.25) is 0 Å². The van der Waals surface area contributed by atoms with Crippen LogP contribution in [0.1, 0.15) is 12.8 Å². The molecule has 0 bridgehead atoms. The van der Waals surface area contributed by atoms with Gasteiger partial charge in [-0.3, -0.25) is 0 Å². The van der Waals surface area contributed by atoms with Crippen LogP contribution in [0.15, 0.2) is 12.2 Å². The normalized spacial score (nSPS) is 18.2. The summed E-state index contributed by atoms with van der Waals surface area (Å²) < 4.78 is 0.388. The Morgan fingerprint density at radius 2 is 2.31 bits per heavy atom. The molecule has 1 fully saturated rings. The summed E-state index contributed by atoms with van der Waals surface area (Å²) in [5, 5.41) is 11.7. The number of nitrogens with one attached hydrogen (secondary N) is 1. The van der Waals surface area contributed by atoms with Crippen molar-refractivity contribution < 1.29 is 9.90 Å². The highest BCUT2D eigenvalue weighted by Gasteiger charge is 2.41. The third-order valence-electron chi connectivity index (χ3n) is 2.33. The zero-order valence-electron chi connectivity index (χ0n) is 7.80. The van der Waals surface area contributed by atoms with Gasteiger partial charge in [0.1, 0.15) is 0 Å². The third kappa shape index (κ3) is 3.04. The number of thioether (sulfide) groups is 1. The lowest BCUT2D eigenvalue weighted by Gasteiger charge is -2.12. The predicted molar refractivity (Wildman–Crippen MR) is 55.1 cm³/mol. The van der Waals surface area contributed by atoms with Gasteiger partial charge >= 0.3 is 5.97 Å². The lowest BCUT2D eigenvalue weighted by Crippen LogP contribution is -2.28. The fourth-order valence-electron chi connectivity index (χ4n) is 1.11. The first-order valence-corrected chi connectivity index (χ1v) is 5.49. The number of carboxylic acids is 1. The van der Waals surface area contributed by atoms with Crippen LogP contribution < -0.4 is 5.32 Å². The number of carbonyl (C=O) groups is 1. The second kappa shape index (κ2) is 4.15. The van der Waals surface area contributed by atoms with Gasteiger partial charge in [0.15, 0.2) is 0 Å². The zero-order valence-corrected chi connectivity index (χ0v) is 8.62. The van der Waals surface area contributed by atoms with E-state index in [1.54, 1.807) is 0 Å². The van der Waals surface area contributed by atoms with Crippen LogP contribution in [-0.4, -0.2) is 35.2 Å². The largest absolute Gasteiger partial charge is 0.478 e. The summed E-state index contributed by atoms with van der Waals surface area (Å²) in [6, 6.07) is 0. The van der Waals surface area contributed by atoms with Crippen molar-refractivity contribution in [3.05, 3.63) is 12.2 Å². The van der Waals surface area contributed by atoms with Crippen LogP contribution in [0.3, 0.4) is 0 Å². The predicted octanol–water partition coefficient (Wildman–Crippen LogP) is 1.11. The highest BCUT2D eigenvalue weighted by molar-refractivity contribution is 8.00. The molecule has 2 N–H and O–H groups in total. The first kappa shape index (κ1) is 10.6. The van der Waals surface area contributed by atoms with Gasteiger partial charge < -0.3 is 10.4 Å². The molecule has 74 valence electrons. The average Bonchev–Trinajstić information content (AvgIpc) is 2.85. The van der Waals surface area contributed by atoms with Gasteiger partial charge in [-0.2, -0.15) is 11.8 Å². The molecule has 0 aromatic carbocycles. The van der Waals surface area contributed by atoms with Gasteiger partial charge in [-0.05, 0) is 19.1 Å². The molecule has 0 saturated heterocycles. The van der Waals surface area contributed by atoms with Crippen LogP contribution in [0.2, 0.25) is 0 Å². The van der Waals surface area contributed by atoms with Crippen molar-refractivity contribution in [1.29, 1.82) is 0 Å². The van der Waals surface area contributed by atoms with E-state index in [4.69, 9.17) is 5.11 Å². The minimum atomic E-state index is -0.915. The number of aliphatic carboxylic acids is 1. The Balaban J connectivity index is 2.14. The fourth-order valence-corrected chi connectivity index (χ4v) is 1.87. The summed E-state index contributed by atoms with van der Waals surface area (Å²) in [5.41, 5.74) is 0.233. The molecule has 0 radical (unpaired) electrons. The maximum Gasteiger partial charge on any atom is 0.332 e. The molecule has 1 rings (SSSR count). The smallest absolute Gasteiger partial charge is 0.332 e. The molecule has 0 amide bonds. The first-order chi connectivity index (χ1) is 6.09. The Labute approximate surface area is 82.6 Å². The summed E-state index contributed by atoms with van der Waals surface area (Å²) in [5.74, 6) is -0.915. The van der Waals surface area contributed by atoms with E-state index >= 15 is 0 Å². The van der Waals surface area contributed by atoms with Crippen LogP contribution in [-0.2, 0) is 4.79 Å². The number of hydrogen-bond acceptors (Lipinski definition) is 3. The molecule has 0 spiro atoms. The lowest BCUT2D eigenvalue weighted by atomic mass is 10.3. The Morgan fingerprint density at radius 1 is 1.69 bits per heavy atom. The van der Waals surface area contributed by atoms with Crippen molar-refractivity contribution in [2.24, 2.45) is 0 Å². The quantitative estimate of drug-likeness (QED) is 0.632. The first-order valence-electron chi connectivity index (χ1n) is 4.26. The van der Waals surface area contributed by atoms with Crippen LogP contribution in [0.25, 0.3) is 0 Å². The molecule has 0 aliphatic heterocycles. The van der Waals surface area contributed by atoms with E-state index < -0.39 is 5.97 Å². The highest BCUT2D eigenvalue weighted by atomic mass is 32.2. The molecule has 4 heteroatoms. The Kier molecular flexibility index (Phi) is 3.39. The summed E-state index contributed by atoms with van der Waals surface area (Å²) in [6.07, 6.45) is 4.57. The van der Waals surface area contributed by atoms with Gasteiger partial charge in [-0.15, -0.1) is 0 Å². The molecular formula is C9H15NO2S. The molecule has 3 nitrogen and oxygen atoms in total. The van der Waals surface area contributed by atoms with Crippen molar-refractivity contribution >= 4 is 17.7 Å². The van der Waals surface area contributed by atoms with E-state index in [1.807, 2.05) is 11.8 Å². The number of rotatable bonds is 6. The lowest BCUT2D eigenvalue weighted by molar-refractivity contribution is -0.132. The monoisotopic (exact) mass is 201 g/mol. The SMILES string of the molecule is C=C(CNCC1(SC)CC1)C(=O)O. The summed E-state index contributed by atoms with van der Waals surface area (Å²) in [7, 11) is 0. The number of carboxylic acid groups (broad SMARTS) is 1. The van der Waals surface area contributed by atoms with Gasteiger partial charge in [-0.1, -0.05) is 6.58 Å². The summed E-state index contributed by atoms with van der Waals surface area (Å²) >= 11 is 1.86. The van der Waals surface area contributed by atoms with Crippen LogP contribution in [0, 0.1) is 0 Å². The molecule has 1 aliphatic rings. The standard InChI is InChI=1S/C9H15NO2S/c1-7(8(11)12)5-10-6-9(13-2)3-4-9/h10H,1,3-6H2,2H3,(H,11,12). The average molecular weight is 201 g/mol. The zero-order chi connectivity index (χ0) is 9.90. The second-order valence-electron chi connectivity index (χ2n) is 3.40. The molecule has 1 saturated carbocycles. The fraction of sp³-hybridized carbons (Fsp3) is 0.667. The molecule has 0 aromatic heterocycles. The van der Waals surface area contributed by atoms with Crippen molar-refractivity contribution in [1.82, 2.24) is 5.32 Å². The molecule has 1 aliphatic carbocycles. The van der Waals surface area contributed by atoms with Crippen molar-refractivity contribution in [2.75, 3.05) is 19.3 Å². The Hall–Kier alpha value is -0.480. The van der Waals surface area contributed by atoms with E-state index in [0.29, 0.717) is 11.3 Å². The van der Waals surface area contributed by atoms with E-state index in [2.05, 4.69) is 18.2 Å². The Morgan fingerprint density at radius 3 is 2.69 bits per heavy atom. The minimum absolute atomic E-state index is 0.233. The molecule has 0 atom stereocenters. The molecule has 13 heavy (non-hydrogen) atoms. The minimum Gasteiger partial charge on any atom is -0.478 e. The second-order valence-corrected chi connectivity index (χ2v) is 4.67. The maximum absolute atomic E-state index is 10.4. The Bertz CT molecular complexity index is 224. The molecule has 0 aromatic rings. The van der Waals surface area contributed by atoms with Gasteiger partial charge in [0.05, 0.1) is 0 Å². The summed E-state index contributed by atoms with van der Waals surface area (Å²) in [6.45, 7) is 4.73. The highest BCUT2D eigenvalue weighted by Crippen LogP contribution is 2.46. The van der Waals surface area contributed by atoms with Gasteiger partial charge in [-0.25, -0.2) is 4.79 Å². The van der Waals surface area contributed by atoms with Crippen molar-refractivity contribution in [3.8, 4) is 0 Å². The van der Waals surface area contributed by atoms with Crippen LogP contribution >= 0.6 is 11.8 Å². The molecule has 0 unspecified atom stereocenters. The van der Waals surface area contributed by atoms with Crippen LogP contribution in [0.4, 0.5) is 0 Å². The van der Waals surface area contributed by atoms with Gasteiger partial charge in [0.25, 0.3) is 0 Å². The molecular weight excluding hydrogens is 186 g/mol. The summed E-state index contributed by atoms with van der Waals surface area (Å²) in [4.78, 5) is 10.4. The van der Waals surface area contributed by atoms with E-state index in [9.17, 15) is 4.79 Å². The van der Waals surface area contributed by atoms with E-state index in [1.165, 1.54) is 12.8 Å². The van der Waals surface area contributed by atoms with Crippen molar-refractivity contribution in [3.63, 3.8) is 0 Å². The van der Waals surface area contributed by atoms with Gasteiger partial charge in [0, 0.05) is 23.4 Å². The van der Waals surface area contributed by atoms with E-state index in [-0.39, 0.29) is 5.57 Å².